The molecule has 0 unspecified atom stereocenters. The predicted octanol–water partition coefficient (Wildman–Crippen LogP) is 1.19. The van der Waals surface area contributed by atoms with Crippen molar-refractivity contribution < 1.29 is 4.79 Å². The second-order valence-corrected chi connectivity index (χ2v) is 2.08. The highest BCUT2D eigenvalue weighted by Crippen LogP contribution is 2.10. The van der Waals surface area contributed by atoms with Crippen molar-refractivity contribution in [1.82, 2.24) is 4.98 Å². The first kappa shape index (κ1) is 6.86. The van der Waals surface area contributed by atoms with Gasteiger partial charge in [-0.1, -0.05) is 6.92 Å². The van der Waals surface area contributed by atoms with E-state index >= 15 is 0 Å². The van der Waals surface area contributed by atoms with E-state index in [4.69, 9.17) is 5.73 Å². The minimum Gasteiger partial charge on any atom is -0.385 e. The molecule has 0 aromatic carbocycles. The van der Waals surface area contributed by atoms with Crippen molar-refractivity contribution in [2.45, 2.75) is 13.3 Å². The van der Waals surface area contributed by atoms with E-state index in [2.05, 4.69) is 4.98 Å². The molecule has 10 heavy (non-hydrogen) atoms. The first-order valence-corrected chi connectivity index (χ1v) is 3.21. The standard InChI is InChI=1S/C7H10N2O/c1-2-6(10)5-3-4-9-7(5)8/h3-4,9H,2,8H2,1H3. The van der Waals surface area contributed by atoms with E-state index < -0.39 is 0 Å². The lowest BCUT2D eigenvalue weighted by molar-refractivity contribution is 0.0989. The van der Waals surface area contributed by atoms with E-state index in [0.717, 1.165) is 0 Å². The quantitative estimate of drug-likeness (QED) is 0.603. The molecule has 0 saturated heterocycles. The smallest absolute Gasteiger partial charge is 0.166 e. The van der Waals surface area contributed by atoms with Gasteiger partial charge in [0.2, 0.25) is 0 Å². The number of aromatic amines is 1. The monoisotopic (exact) mass is 138 g/mol. The van der Waals surface area contributed by atoms with Crippen molar-refractivity contribution >= 4 is 11.6 Å². The summed E-state index contributed by atoms with van der Waals surface area (Å²) in [4.78, 5) is 13.7. The second kappa shape index (κ2) is 2.56. The lowest BCUT2D eigenvalue weighted by Gasteiger charge is -1.92. The molecule has 1 aromatic heterocycles. The van der Waals surface area contributed by atoms with Gasteiger partial charge < -0.3 is 10.7 Å². The van der Waals surface area contributed by atoms with Crippen LogP contribution in [0.25, 0.3) is 0 Å². The third kappa shape index (κ3) is 1.03. The average Bonchev–Trinajstić information content (AvgIpc) is 2.34. The van der Waals surface area contributed by atoms with Gasteiger partial charge in [-0.3, -0.25) is 4.79 Å². The van der Waals surface area contributed by atoms with Gasteiger partial charge in [0.25, 0.3) is 0 Å². The molecule has 0 saturated carbocycles. The molecule has 0 atom stereocenters. The van der Waals surface area contributed by atoms with Gasteiger partial charge >= 0.3 is 0 Å². The zero-order chi connectivity index (χ0) is 7.56. The third-order valence-electron chi connectivity index (χ3n) is 1.40. The molecule has 3 nitrogen and oxygen atoms in total. The Morgan fingerprint density at radius 1 is 1.80 bits per heavy atom. The Labute approximate surface area is 59.2 Å². The van der Waals surface area contributed by atoms with Crippen molar-refractivity contribution in [3.05, 3.63) is 17.8 Å². The van der Waals surface area contributed by atoms with Crippen LogP contribution in [0.4, 0.5) is 5.82 Å². The second-order valence-electron chi connectivity index (χ2n) is 2.08. The van der Waals surface area contributed by atoms with Gasteiger partial charge in [0.15, 0.2) is 5.78 Å². The molecule has 0 spiro atoms. The van der Waals surface area contributed by atoms with Gasteiger partial charge in [0, 0.05) is 12.6 Å². The number of hydrogen-bond donors (Lipinski definition) is 2. The van der Waals surface area contributed by atoms with Crippen molar-refractivity contribution in [3.8, 4) is 0 Å². The van der Waals surface area contributed by atoms with E-state index in [-0.39, 0.29) is 5.78 Å². The van der Waals surface area contributed by atoms with Crippen molar-refractivity contribution in [2.75, 3.05) is 5.73 Å². The van der Waals surface area contributed by atoms with Crippen LogP contribution in [0, 0.1) is 0 Å². The number of nitrogen functional groups attached to an aromatic ring is 1. The Morgan fingerprint density at radius 2 is 2.50 bits per heavy atom. The van der Waals surface area contributed by atoms with Crippen LogP contribution in [0.2, 0.25) is 0 Å². The normalized spacial score (nSPS) is 9.70. The lowest BCUT2D eigenvalue weighted by Crippen LogP contribution is -1.99. The van der Waals surface area contributed by atoms with Crippen molar-refractivity contribution in [3.63, 3.8) is 0 Å². The first-order valence-electron chi connectivity index (χ1n) is 3.21. The van der Waals surface area contributed by atoms with Gasteiger partial charge in [-0.15, -0.1) is 0 Å². The van der Waals surface area contributed by atoms with Gasteiger partial charge in [-0.05, 0) is 6.07 Å². The molecular weight excluding hydrogens is 128 g/mol. The molecule has 0 fully saturated rings. The van der Waals surface area contributed by atoms with Crippen LogP contribution >= 0.6 is 0 Å². The number of aromatic nitrogens is 1. The Bertz CT molecular complexity index is 240. The molecule has 0 amide bonds. The zero-order valence-corrected chi connectivity index (χ0v) is 5.85. The summed E-state index contributed by atoms with van der Waals surface area (Å²) in [6.07, 6.45) is 2.17. The first-order chi connectivity index (χ1) is 4.75. The van der Waals surface area contributed by atoms with E-state index in [9.17, 15) is 4.79 Å². The fraction of sp³-hybridized carbons (Fsp3) is 0.286. The summed E-state index contributed by atoms with van der Waals surface area (Å²) < 4.78 is 0. The summed E-state index contributed by atoms with van der Waals surface area (Å²) in [7, 11) is 0. The summed E-state index contributed by atoms with van der Waals surface area (Å²) in [5, 5.41) is 0. The predicted molar refractivity (Wildman–Crippen MR) is 39.8 cm³/mol. The molecule has 0 aliphatic carbocycles. The van der Waals surface area contributed by atoms with Gasteiger partial charge in [0.05, 0.1) is 5.56 Å². The Balaban J connectivity index is 2.93. The Kier molecular flexibility index (Phi) is 1.76. The minimum atomic E-state index is 0.0822. The number of nitrogens with two attached hydrogens (primary N) is 1. The highest BCUT2D eigenvalue weighted by Gasteiger charge is 2.06. The summed E-state index contributed by atoms with van der Waals surface area (Å²) in [5.74, 6) is 0.547. The highest BCUT2D eigenvalue weighted by atomic mass is 16.1. The van der Waals surface area contributed by atoms with Gasteiger partial charge in [-0.25, -0.2) is 0 Å². The summed E-state index contributed by atoms with van der Waals surface area (Å²) in [5.41, 5.74) is 6.04. The van der Waals surface area contributed by atoms with Crippen LogP contribution < -0.4 is 5.73 Å². The summed E-state index contributed by atoms with van der Waals surface area (Å²) in [6.45, 7) is 1.81. The van der Waals surface area contributed by atoms with E-state index in [1.807, 2.05) is 6.92 Å². The minimum absolute atomic E-state index is 0.0822. The number of ketones is 1. The SMILES string of the molecule is CCC(=O)c1cc[nH]c1N. The van der Waals surface area contributed by atoms with E-state index in [0.29, 0.717) is 17.8 Å². The molecule has 0 aliphatic heterocycles. The van der Waals surface area contributed by atoms with Gasteiger partial charge in [0.1, 0.15) is 5.82 Å². The highest BCUT2D eigenvalue weighted by molar-refractivity contribution is 5.99. The van der Waals surface area contributed by atoms with Gasteiger partial charge in [-0.2, -0.15) is 0 Å². The number of anilines is 1. The maximum absolute atomic E-state index is 11.0. The lowest BCUT2D eigenvalue weighted by atomic mass is 10.2. The fourth-order valence-corrected chi connectivity index (χ4v) is 0.816. The molecule has 3 heteroatoms. The topological polar surface area (TPSA) is 58.9 Å². The number of carbonyl (C=O) groups excluding carboxylic acids is 1. The van der Waals surface area contributed by atoms with E-state index in [1.54, 1.807) is 12.3 Å². The summed E-state index contributed by atoms with van der Waals surface area (Å²) in [6, 6.07) is 1.70. The molecular formula is C7H10N2O. The number of hydrogen-bond acceptors (Lipinski definition) is 2. The number of carbonyl (C=O) groups is 1. The molecule has 0 bridgehead atoms. The number of nitrogens with one attached hydrogen (secondary N) is 1. The van der Waals surface area contributed by atoms with Crippen LogP contribution in [-0.4, -0.2) is 10.8 Å². The molecule has 1 aromatic rings. The largest absolute Gasteiger partial charge is 0.385 e. The van der Waals surface area contributed by atoms with E-state index in [1.165, 1.54) is 0 Å². The molecule has 3 N–H and O–H groups in total. The van der Waals surface area contributed by atoms with Crippen molar-refractivity contribution in [2.24, 2.45) is 0 Å². The number of H-pyrrole nitrogens is 1. The molecule has 1 rings (SSSR count). The Hall–Kier alpha value is -1.25. The third-order valence-corrected chi connectivity index (χ3v) is 1.40. The zero-order valence-electron chi connectivity index (χ0n) is 5.85. The van der Waals surface area contributed by atoms with Crippen LogP contribution in [0.15, 0.2) is 12.3 Å². The number of rotatable bonds is 2. The van der Waals surface area contributed by atoms with Crippen LogP contribution in [0.5, 0.6) is 0 Å². The van der Waals surface area contributed by atoms with Crippen LogP contribution in [0.3, 0.4) is 0 Å². The Morgan fingerprint density at radius 3 is 2.90 bits per heavy atom. The van der Waals surface area contributed by atoms with Crippen LogP contribution in [0.1, 0.15) is 23.7 Å². The molecule has 0 radical (unpaired) electrons. The fourth-order valence-electron chi connectivity index (χ4n) is 0.816. The maximum atomic E-state index is 11.0. The molecule has 1 heterocycles. The molecule has 0 aliphatic rings. The summed E-state index contributed by atoms with van der Waals surface area (Å²) >= 11 is 0. The maximum Gasteiger partial charge on any atom is 0.166 e. The average molecular weight is 138 g/mol. The van der Waals surface area contributed by atoms with Crippen molar-refractivity contribution in [1.29, 1.82) is 0 Å². The van der Waals surface area contributed by atoms with Crippen LogP contribution in [-0.2, 0) is 0 Å². The number of Topliss-reactive ketones (excluding diaryl/α,β-unsaturated/α-hetero) is 1. The molecule has 54 valence electrons.